The molecule has 21 heavy (non-hydrogen) atoms. The molecule has 0 spiro atoms. The average molecular weight is 363 g/mol. The van der Waals surface area contributed by atoms with Crippen molar-refractivity contribution >= 4 is 33.2 Å². The lowest BCUT2D eigenvalue weighted by molar-refractivity contribution is 0.0691. The fourth-order valence-electron chi connectivity index (χ4n) is 2.00. The standard InChI is InChI=1S/C15H11BrN2O2S/c16-11-4-2-1-3-9(11)6-14-18-13(8-21-14)10-5-12(15(19)20)17-7-10/h1-5,7-8,17H,6H2,(H,19,20). The molecule has 106 valence electrons. The molecule has 0 aliphatic rings. The summed E-state index contributed by atoms with van der Waals surface area (Å²) in [4.78, 5) is 18.2. The normalized spacial score (nSPS) is 10.7. The van der Waals surface area contributed by atoms with Gasteiger partial charge in [-0.15, -0.1) is 11.3 Å². The van der Waals surface area contributed by atoms with Crippen LogP contribution in [0.25, 0.3) is 11.3 Å². The van der Waals surface area contributed by atoms with Crippen molar-refractivity contribution in [3.8, 4) is 11.3 Å². The molecule has 1 aromatic carbocycles. The number of hydrogen-bond acceptors (Lipinski definition) is 3. The van der Waals surface area contributed by atoms with Gasteiger partial charge in [-0.3, -0.25) is 0 Å². The Bertz CT molecular complexity index is 794. The number of halogens is 1. The van der Waals surface area contributed by atoms with Gasteiger partial charge in [-0.2, -0.15) is 0 Å². The first-order valence-corrected chi connectivity index (χ1v) is 7.90. The fraction of sp³-hybridized carbons (Fsp3) is 0.0667. The molecule has 0 aliphatic heterocycles. The van der Waals surface area contributed by atoms with Gasteiger partial charge in [-0.05, 0) is 17.7 Å². The highest BCUT2D eigenvalue weighted by Crippen LogP contribution is 2.26. The second-order valence-electron chi connectivity index (χ2n) is 4.50. The number of hydrogen-bond donors (Lipinski definition) is 2. The first-order valence-electron chi connectivity index (χ1n) is 6.23. The maximum absolute atomic E-state index is 10.9. The Morgan fingerprint density at radius 3 is 2.90 bits per heavy atom. The van der Waals surface area contributed by atoms with E-state index in [0.29, 0.717) is 0 Å². The summed E-state index contributed by atoms with van der Waals surface area (Å²) in [6.07, 6.45) is 2.42. The van der Waals surface area contributed by atoms with Crippen LogP contribution in [0.4, 0.5) is 0 Å². The van der Waals surface area contributed by atoms with E-state index in [2.05, 4.69) is 32.0 Å². The molecule has 0 atom stereocenters. The Balaban J connectivity index is 1.83. The van der Waals surface area contributed by atoms with Crippen molar-refractivity contribution in [1.82, 2.24) is 9.97 Å². The number of rotatable bonds is 4. The smallest absolute Gasteiger partial charge is 0.352 e. The van der Waals surface area contributed by atoms with Crippen LogP contribution in [0.15, 0.2) is 46.4 Å². The van der Waals surface area contributed by atoms with Crippen molar-refractivity contribution in [2.24, 2.45) is 0 Å². The summed E-state index contributed by atoms with van der Waals surface area (Å²) >= 11 is 5.10. The van der Waals surface area contributed by atoms with Gasteiger partial charge < -0.3 is 10.1 Å². The molecular formula is C15H11BrN2O2S. The molecule has 0 amide bonds. The van der Waals surface area contributed by atoms with Gasteiger partial charge in [0.15, 0.2) is 0 Å². The zero-order valence-electron chi connectivity index (χ0n) is 10.8. The van der Waals surface area contributed by atoms with Crippen molar-refractivity contribution in [1.29, 1.82) is 0 Å². The number of aromatic amines is 1. The van der Waals surface area contributed by atoms with E-state index in [9.17, 15) is 4.79 Å². The number of aromatic nitrogens is 2. The minimum Gasteiger partial charge on any atom is -0.477 e. The maximum Gasteiger partial charge on any atom is 0.352 e. The van der Waals surface area contributed by atoms with Crippen molar-refractivity contribution in [3.63, 3.8) is 0 Å². The lowest BCUT2D eigenvalue weighted by Gasteiger charge is -2.00. The van der Waals surface area contributed by atoms with E-state index in [1.165, 1.54) is 5.56 Å². The van der Waals surface area contributed by atoms with Crippen molar-refractivity contribution < 1.29 is 9.90 Å². The summed E-state index contributed by atoms with van der Waals surface area (Å²) in [5, 5.41) is 11.9. The maximum atomic E-state index is 10.9. The van der Waals surface area contributed by atoms with Gasteiger partial charge in [0.25, 0.3) is 0 Å². The number of thiazole rings is 1. The predicted molar refractivity (Wildman–Crippen MR) is 85.8 cm³/mol. The number of H-pyrrole nitrogens is 1. The molecule has 2 N–H and O–H groups in total. The third-order valence-electron chi connectivity index (χ3n) is 3.06. The van der Waals surface area contributed by atoms with Gasteiger partial charge in [0.2, 0.25) is 0 Å². The van der Waals surface area contributed by atoms with E-state index in [1.54, 1.807) is 23.6 Å². The van der Waals surface area contributed by atoms with Crippen LogP contribution in [0, 0.1) is 0 Å². The minimum absolute atomic E-state index is 0.172. The summed E-state index contributed by atoms with van der Waals surface area (Å²) in [5.74, 6) is -0.968. The highest BCUT2D eigenvalue weighted by atomic mass is 79.9. The highest BCUT2D eigenvalue weighted by Gasteiger charge is 2.11. The van der Waals surface area contributed by atoms with Gasteiger partial charge in [0.05, 0.1) is 10.7 Å². The molecule has 0 bridgehead atoms. The van der Waals surface area contributed by atoms with Crippen LogP contribution in [0.3, 0.4) is 0 Å². The van der Waals surface area contributed by atoms with Gasteiger partial charge in [0, 0.05) is 28.0 Å². The van der Waals surface area contributed by atoms with E-state index in [4.69, 9.17) is 5.11 Å². The zero-order valence-corrected chi connectivity index (χ0v) is 13.2. The van der Waals surface area contributed by atoms with E-state index in [1.807, 2.05) is 23.6 Å². The molecule has 2 aromatic heterocycles. The number of carboxylic acids is 1. The van der Waals surface area contributed by atoms with Crippen LogP contribution >= 0.6 is 27.3 Å². The predicted octanol–water partition coefficient (Wildman–Crippen LogP) is 4.19. The van der Waals surface area contributed by atoms with E-state index < -0.39 is 5.97 Å². The first-order chi connectivity index (χ1) is 10.1. The lowest BCUT2D eigenvalue weighted by atomic mass is 10.2. The number of benzene rings is 1. The van der Waals surface area contributed by atoms with Crippen LogP contribution < -0.4 is 0 Å². The quantitative estimate of drug-likeness (QED) is 0.731. The molecule has 6 heteroatoms. The lowest BCUT2D eigenvalue weighted by Crippen LogP contribution is -1.94. The van der Waals surface area contributed by atoms with Gasteiger partial charge in [-0.1, -0.05) is 34.1 Å². The molecule has 0 aliphatic carbocycles. The van der Waals surface area contributed by atoms with E-state index in [-0.39, 0.29) is 5.69 Å². The van der Waals surface area contributed by atoms with Crippen LogP contribution in [0.5, 0.6) is 0 Å². The average Bonchev–Trinajstić information content (AvgIpc) is 3.10. The second kappa shape index (κ2) is 5.83. The minimum atomic E-state index is -0.968. The van der Waals surface area contributed by atoms with Crippen LogP contribution in [-0.2, 0) is 6.42 Å². The Kier molecular flexibility index (Phi) is 3.90. The van der Waals surface area contributed by atoms with E-state index in [0.717, 1.165) is 27.2 Å². The summed E-state index contributed by atoms with van der Waals surface area (Å²) in [6, 6.07) is 9.65. The fourth-order valence-corrected chi connectivity index (χ4v) is 3.25. The van der Waals surface area contributed by atoms with Crippen LogP contribution in [-0.4, -0.2) is 21.0 Å². The zero-order chi connectivity index (χ0) is 14.8. The van der Waals surface area contributed by atoms with Gasteiger partial charge in [-0.25, -0.2) is 9.78 Å². The van der Waals surface area contributed by atoms with Crippen LogP contribution in [0.1, 0.15) is 21.1 Å². The molecule has 4 nitrogen and oxygen atoms in total. The monoisotopic (exact) mass is 362 g/mol. The Morgan fingerprint density at radius 1 is 1.38 bits per heavy atom. The SMILES string of the molecule is O=C(O)c1cc(-c2csc(Cc3ccccc3Br)n2)c[nH]1. The number of carbonyl (C=O) groups is 1. The van der Waals surface area contributed by atoms with Crippen molar-refractivity contribution in [3.05, 3.63) is 62.6 Å². The summed E-state index contributed by atoms with van der Waals surface area (Å²) in [5.41, 5.74) is 2.94. The number of nitrogens with zero attached hydrogens (tertiary/aromatic N) is 1. The number of nitrogens with one attached hydrogen (secondary N) is 1. The summed E-state index contributed by atoms with van der Waals surface area (Å²) in [7, 11) is 0. The molecular weight excluding hydrogens is 352 g/mol. The molecule has 0 saturated heterocycles. The summed E-state index contributed by atoms with van der Waals surface area (Å²) < 4.78 is 1.07. The Hall–Kier alpha value is -1.92. The summed E-state index contributed by atoms with van der Waals surface area (Å²) in [6.45, 7) is 0. The third kappa shape index (κ3) is 3.06. The van der Waals surface area contributed by atoms with E-state index >= 15 is 0 Å². The molecule has 2 heterocycles. The van der Waals surface area contributed by atoms with Gasteiger partial charge in [0.1, 0.15) is 5.69 Å². The number of carboxylic acid groups (broad SMARTS) is 1. The molecule has 0 unspecified atom stereocenters. The Morgan fingerprint density at radius 2 is 2.19 bits per heavy atom. The third-order valence-corrected chi connectivity index (χ3v) is 4.68. The van der Waals surface area contributed by atoms with Gasteiger partial charge >= 0.3 is 5.97 Å². The molecule has 0 saturated carbocycles. The molecule has 0 radical (unpaired) electrons. The number of aromatic carboxylic acids is 1. The topological polar surface area (TPSA) is 66.0 Å². The van der Waals surface area contributed by atoms with Crippen LogP contribution in [0.2, 0.25) is 0 Å². The van der Waals surface area contributed by atoms with Crippen molar-refractivity contribution in [2.45, 2.75) is 6.42 Å². The Labute approximate surface area is 133 Å². The second-order valence-corrected chi connectivity index (χ2v) is 6.30. The molecule has 3 aromatic rings. The largest absolute Gasteiger partial charge is 0.477 e. The highest BCUT2D eigenvalue weighted by molar-refractivity contribution is 9.10. The van der Waals surface area contributed by atoms with Crippen molar-refractivity contribution in [2.75, 3.05) is 0 Å². The first kappa shape index (κ1) is 14.0. The molecule has 0 fully saturated rings. The molecule has 3 rings (SSSR count).